The van der Waals surface area contributed by atoms with Crippen LogP contribution in [-0.4, -0.2) is 72.5 Å². The zero-order valence-electron chi connectivity index (χ0n) is 22.6. The van der Waals surface area contributed by atoms with Gasteiger partial charge in [0.05, 0.1) is 13.1 Å². The number of hydrogen-bond donors (Lipinski definition) is 3. The number of nitrogens with one attached hydrogen (secondary N) is 2. The fourth-order valence-corrected chi connectivity index (χ4v) is 5.28. The standard InChI is InChI=1S/C28H35N7O3S/c1-4-30-11-12-35(24-13-20(10-9-19(24)2)28-32-23(18-39-28)27(29)38)26(37)15-31-14-25(36)33(3)34-16-21-7-5-6-8-22(21)17-34/h5-10,13,18,30-31H,4,11-12,14-17H2,1-3H3,(H2,29,38). The van der Waals surface area contributed by atoms with E-state index >= 15 is 0 Å². The summed E-state index contributed by atoms with van der Waals surface area (Å²) < 4.78 is 0. The number of nitrogens with zero attached hydrogens (tertiary/aromatic N) is 4. The Hall–Kier alpha value is -3.64. The molecule has 1 aliphatic rings. The minimum absolute atomic E-state index is 0.0126. The zero-order chi connectivity index (χ0) is 27.9. The van der Waals surface area contributed by atoms with Crippen LogP contribution in [0.5, 0.6) is 0 Å². The minimum atomic E-state index is -0.576. The van der Waals surface area contributed by atoms with Crippen LogP contribution in [0.4, 0.5) is 5.69 Å². The van der Waals surface area contributed by atoms with Crippen molar-refractivity contribution in [1.29, 1.82) is 0 Å². The van der Waals surface area contributed by atoms with Crippen LogP contribution >= 0.6 is 11.3 Å². The molecule has 3 amide bonds. The summed E-state index contributed by atoms with van der Waals surface area (Å²) in [4.78, 5) is 43.8. The second-order valence-electron chi connectivity index (χ2n) is 9.41. The first-order valence-corrected chi connectivity index (χ1v) is 13.8. The van der Waals surface area contributed by atoms with Gasteiger partial charge in [-0.3, -0.25) is 24.7 Å². The molecule has 0 aliphatic carbocycles. The molecule has 10 nitrogen and oxygen atoms in total. The summed E-state index contributed by atoms with van der Waals surface area (Å²) in [5, 5.41) is 12.2. The Morgan fingerprint density at radius 1 is 1.05 bits per heavy atom. The number of fused-ring (bicyclic) bond motifs is 1. The maximum atomic E-state index is 13.4. The van der Waals surface area contributed by atoms with E-state index in [-0.39, 0.29) is 30.6 Å². The first-order chi connectivity index (χ1) is 18.8. The number of anilines is 1. The topological polar surface area (TPSA) is 124 Å². The van der Waals surface area contributed by atoms with E-state index in [1.54, 1.807) is 22.3 Å². The number of amides is 3. The molecule has 0 spiro atoms. The van der Waals surface area contributed by atoms with Crippen molar-refractivity contribution in [2.45, 2.75) is 26.9 Å². The Kier molecular flexibility index (Phi) is 9.41. The maximum absolute atomic E-state index is 13.4. The number of hydrazine groups is 1. The Labute approximate surface area is 232 Å². The Morgan fingerprint density at radius 2 is 1.74 bits per heavy atom. The predicted octanol–water partition coefficient (Wildman–Crippen LogP) is 2.14. The van der Waals surface area contributed by atoms with E-state index in [1.807, 2.05) is 49.2 Å². The smallest absolute Gasteiger partial charge is 0.268 e. The highest BCUT2D eigenvalue weighted by atomic mass is 32.1. The summed E-state index contributed by atoms with van der Waals surface area (Å²) in [6.07, 6.45) is 0. The average molecular weight is 550 g/mol. The molecule has 39 heavy (non-hydrogen) atoms. The van der Waals surface area contributed by atoms with Crippen LogP contribution < -0.4 is 21.3 Å². The lowest BCUT2D eigenvalue weighted by molar-refractivity contribution is -0.145. The number of thiazole rings is 1. The quantitative estimate of drug-likeness (QED) is 0.296. The van der Waals surface area contributed by atoms with E-state index in [0.29, 0.717) is 31.2 Å². The van der Waals surface area contributed by atoms with Gasteiger partial charge in [0.1, 0.15) is 10.7 Å². The highest BCUT2D eigenvalue weighted by Crippen LogP contribution is 2.30. The lowest BCUT2D eigenvalue weighted by atomic mass is 10.1. The largest absolute Gasteiger partial charge is 0.364 e. The van der Waals surface area contributed by atoms with Crippen molar-refractivity contribution in [2.24, 2.45) is 5.73 Å². The molecule has 1 aromatic heterocycles. The molecule has 0 unspecified atom stereocenters. The third kappa shape index (κ3) is 6.87. The Morgan fingerprint density at radius 3 is 2.38 bits per heavy atom. The van der Waals surface area contributed by atoms with E-state index in [4.69, 9.17) is 5.73 Å². The average Bonchev–Trinajstić information content (AvgIpc) is 3.59. The van der Waals surface area contributed by atoms with Gasteiger partial charge in [0.2, 0.25) is 5.91 Å². The molecule has 0 bridgehead atoms. The number of aryl methyl sites for hydroxylation is 1. The van der Waals surface area contributed by atoms with Crippen LogP contribution in [0, 0.1) is 6.92 Å². The number of likely N-dealkylation sites (N-methyl/N-ethyl adjacent to an activating group) is 2. The lowest BCUT2D eigenvalue weighted by Gasteiger charge is -2.28. The minimum Gasteiger partial charge on any atom is -0.364 e. The summed E-state index contributed by atoms with van der Waals surface area (Å²) in [7, 11) is 1.76. The van der Waals surface area contributed by atoms with Crippen molar-refractivity contribution >= 4 is 34.7 Å². The van der Waals surface area contributed by atoms with Gasteiger partial charge in [-0.05, 0) is 36.2 Å². The molecule has 206 valence electrons. The van der Waals surface area contributed by atoms with Crippen molar-refractivity contribution in [1.82, 2.24) is 25.6 Å². The van der Waals surface area contributed by atoms with Crippen LogP contribution in [0.1, 0.15) is 34.1 Å². The monoisotopic (exact) mass is 549 g/mol. The molecule has 0 radical (unpaired) electrons. The van der Waals surface area contributed by atoms with Crippen molar-refractivity contribution in [3.63, 3.8) is 0 Å². The number of aromatic nitrogens is 1. The molecule has 4 N–H and O–H groups in total. The molecule has 0 saturated heterocycles. The normalized spacial score (nSPS) is 12.8. The van der Waals surface area contributed by atoms with Gasteiger partial charge in [-0.15, -0.1) is 11.3 Å². The van der Waals surface area contributed by atoms with Crippen molar-refractivity contribution in [3.05, 3.63) is 70.2 Å². The number of hydrogen-bond acceptors (Lipinski definition) is 8. The molecule has 0 saturated carbocycles. The van der Waals surface area contributed by atoms with E-state index in [2.05, 4.69) is 27.8 Å². The van der Waals surface area contributed by atoms with Crippen LogP contribution in [0.25, 0.3) is 10.6 Å². The summed E-state index contributed by atoms with van der Waals surface area (Å²) >= 11 is 1.33. The molecular formula is C28H35N7O3S. The van der Waals surface area contributed by atoms with Crippen LogP contribution in [0.15, 0.2) is 47.8 Å². The van der Waals surface area contributed by atoms with Gasteiger partial charge in [0, 0.05) is 49.9 Å². The third-order valence-electron chi connectivity index (χ3n) is 6.73. The molecule has 2 heterocycles. The molecule has 2 aromatic carbocycles. The SMILES string of the molecule is CCNCCN(C(=O)CNCC(=O)N(C)N1Cc2ccccc2C1)c1cc(-c2nc(C(N)=O)cs2)ccc1C. The fourth-order valence-electron chi connectivity index (χ4n) is 4.47. The number of carbonyl (C=O) groups is 3. The van der Waals surface area contributed by atoms with E-state index in [0.717, 1.165) is 23.4 Å². The molecular weight excluding hydrogens is 514 g/mol. The number of primary amides is 1. The predicted molar refractivity (Wildman–Crippen MR) is 153 cm³/mol. The Bertz CT molecular complexity index is 1320. The summed E-state index contributed by atoms with van der Waals surface area (Å²) in [6.45, 7) is 7.26. The van der Waals surface area contributed by atoms with Gasteiger partial charge in [-0.2, -0.15) is 0 Å². The molecule has 0 fully saturated rings. The second-order valence-corrected chi connectivity index (χ2v) is 10.3. The van der Waals surface area contributed by atoms with E-state index < -0.39 is 5.91 Å². The van der Waals surface area contributed by atoms with Gasteiger partial charge < -0.3 is 16.0 Å². The number of nitrogens with two attached hydrogens (primary N) is 1. The highest BCUT2D eigenvalue weighted by molar-refractivity contribution is 7.13. The van der Waals surface area contributed by atoms with Crippen molar-refractivity contribution < 1.29 is 14.4 Å². The zero-order valence-corrected chi connectivity index (χ0v) is 23.4. The molecule has 3 aromatic rings. The highest BCUT2D eigenvalue weighted by Gasteiger charge is 2.25. The van der Waals surface area contributed by atoms with Gasteiger partial charge in [-0.25, -0.2) is 9.99 Å². The van der Waals surface area contributed by atoms with Crippen LogP contribution in [-0.2, 0) is 22.7 Å². The summed E-state index contributed by atoms with van der Waals surface area (Å²) in [5.41, 5.74) is 10.5. The van der Waals surface area contributed by atoms with Gasteiger partial charge in [-0.1, -0.05) is 43.3 Å². The molecule has 1 aliphatic heterocycles. The third-order valence-corrected chi connectivity index (χ3v) is 7.62. The van der Waals surface area contributed by atoms with Gasteiger partial charge in [0.25, 0.3) is 11.8 Å². The van der Waals surface area contributed by atoms with Crippen LogP contribution in [0.3, 0.4) is 0 Å². The first-order valence-electron chi connectivity index (χ1n) is 12.9. The van der Waals surface area contributed by atoms with Crippen molar-refractivity contribution in [3.8, 4) is 10.6 Å². The fraction of sp³-hybridized carbons (Fsp3) is 0.357. The van der Waals surface area contributed by atoms with Crippen molar-refractivity contribution in [2.75, 3.05) is 44.7 Å². The number of carbonyl (C=O) groups excluding carboxylic acids is 3. The maximum Gasteiger partial charge on any atom is 0.268 e. The first kappa shape index (κ1) is 28.4. The molecule has 0 atom stereocenters. The summed E-state index contributed by atoms with van der Waals surface area (Å²) in [5.74, 6) is -0.830. The molecule has 4 rings (SSSR count). The Balaban J connectivity index is 1.41. The lowest BCUT2D eigenvalue weighted by Crippen LogP contribution is -2.47. The summed E-state index contributed by atoms with van der Waals surface area (Å²) in [6, 6.07) is 13.9. The van der Waals surface area contributed by atoms with Gasteiger partial charge in [0.15, 0.2) is 0 Å². The van der Waals surface area contributed by atoms with E-state index in [1.165, 1.54) is 22.5 Å². The number of benzene rings is 2. The van der Waals surface area contributed by atoms with Crippen LogP contribution in [0.2, 0.25) is 0 Å². The van der Waals surface area contributed by atoms with Gasteiger partial charge >= 0.3 is 0 Å². The molecule has 11 heteroatoms. The van der Waals surface area contributed by atoms with E-state index in [9.17, 15) is 14.4 Å². The number of rotatable bonds is 12. The second kappa shape index (κ2) is 12.9.